The molecule has 0 saturated carbocycles. The third-order valence-corrected chi connectivity index (χ3v) is 6.18. The molecule has 4 rings (SSSR count). The van der Waals surface area contributed by atoms with Crippen LogP contribution in [0.5, 0.6) is 5.75 Å². The summed E-state index contributed by atoms with van der Waals surface area (Å²) in [5.74, 6) is 1.12. The van der Waals surface area contributed by atoms with Gasteiger partial charge >= 0.3 is 0 Å². The van der Waals surface area contributed by atoms with Crippen LogP contribution in [0, 0.1) is 0 Å². The molecule has 1 saturated heterocycles. The molecule has 0 aliphatic carbocycles. The van der Waals surface area contributed by atoms with Gasteiger partial charge in [0.1, 0.15) is 17.1 Å². The van der Waals surface area contributed by atoms with Gasteiger partial charge in [0.25, 0.3) is 5.91 Å². The number of ether oxygens (including phenoxy) is 1. The third kappa shape index (κ3) is 4.34. The highest BCUT2D eigenvalue weighted by Gasteiger charge is 2.31. The molecule has 33 heavy (non-hydrogen) atoms. The van der Waals surface area contributed by atoms with Crippen LogP contribution in [0.2, 0.25) is 0 Å². The van der Waals surface area contributed by atoms with E-state index in [9.17, 15) is 4.79 Å². The number of benzene rings is 2. The van der Waals surface area contributed by atoms with E-state index in [2.05, 4.69) is 34.6 Å². The van der Waals surface area contributed by atoms with Crippen molar-refractivity contribution in [2.24, 2.45) is 9.98 Å². The number of amides is 1. The van der Waals surface area contributed by atoms with E-state index in [-0.39, 0.29) is 5.91 Å². The lowest BCUT2D eigenvalue weighted by Gasteiger charge is -2.34. The number of carbonyl (C=O) groups is 1. The van der Waals surface area contributed by atoms with Gasteiger partial charge in [-0.05, 0) is 38.0 Å². The van der Waals surface area contributed by atoms with E-state index in [1.807, 2.05) is 48.3 Å². The van der Waals surface area contributed by atoms with Crippen molar-refractivity contribution < 1.29 is 9.53 Å². The molecule has 1 fully saturated rings. The maximum Gasteiger partial charge on any atom is 0.260 e. The summed E-state index contributed by atoms with van der Waals surface area (Å²) in [5.41, 5.74) is 3.71. The number of nitrogens with zero attached hydrogens (tertiary/aromatic N) is 6. The van der Waals surface area contributed by atoms with E-state index in [4.69, 9.17) is 9.73 Å². The smallest absolute Gasteiger partial charge is 0.260 e. The Bertz CT molecular complexity index is 1120. The second kappa shape index (κ2) is 9.46. The Balaban J connectivity index is 1.79. The third-order valence-electron chi connectivity index (χ3n) is 6.18. The molecule has 8 heteroatoms. The fourth-order valence-corrected chi connectivity index (χ4v) is 4.17. The van der Waals surface area contributed by atoms with Crippen LogP contribution in [0.15, 0.2) is 64.3 Å². The van der Waals surface area contributed by atoms with Gasteiger partial charge in [0.15, 0.2) is 5.84 Å². The van der Waals surface area contributed by atoms with E-state index in [0.29, 0.717) is 28.5 Å². The van der Waals surface area contributed by atoms with Crippen LogP contribution in [0.1, 0.15) is 10.4 Å². The first-order chi connectivity index (χ1) is 15.9. The van der Waals surface area contributed by atoms with E-state index >= 15 is 0 Å². The second-order valence-electron chi connectivity index (χ2n) is 8.22. The number of amidine groups is 1. The Kier molecular flexibility index (Phi) is 6.46. The molecule has 8 nitrogen and oxygen atoms in total. The molecule has 0 radical (unpaired) electrons. The number of para-hydroxylation sites is 1. The second-order valence-corrected chi connectivity index (χ2v) is 8.22. The van der Waals surface area contributed by atoms with Gasteiger partial charge in [0.2, 0.25) is 0 Å². The van der Waals surface area contributed by atoms with Gasteiger partial charge in [-0.1, -0.05) is 12.1 Å². The standard InChI is InChI=1S/C25H30N6O2/c1-26-17-22-24(29(3)21-9-7-6-8-19(21)25(32)30(22)4)27-20-11-10-18(16-23(20)33-5)31-14-12-28(2)13-15-31/h6-11,16-17H,1,12-15H2,2-5H3/b22-17+,27-24?. The molecular weight excluding hydrogens is 416 g/mol. The van der Waals surface area contributed by atoms with Crippen LogP contribution >= 0.6 is 0 Å². The monoisotopic (exact) mass is 446 g/mol. The molecule has 172 valence electrons. The Morgan fingerprint density at radius 2 is 1.73 bits per heavy atom. The zero-order valence-corrected chi connectivity index (χ0v) is 19.7. The van der Waals surface area contributed by atoms with Gasteiger partial charge in [-0.3, -0.25) is 9.79 Å². The lowest BCUT2D eigenvalue weighted by Crippen LogP contribution is -2.44. The number of fused-ring (bicyclic) bond motifs is 1. The van der Waals surface area contributed by atoms with Crippen LogP contribution in [0.25, 0.3) is 0 Å². The van der Waals surface area contributed by atoms with Crippen molar-refractivity contribution in [1.29, 1.82) is 0 Å². The van der Waals surface area contributed by atoms with Gasteiger partial charge in [-0.15, -0.1) is 0 Å². The van der Waals surface area contributed by atoms with E-state index in [1.54, 1.807) is 25.3 Å². The minimum absolute atomic E-state index is 0.130. The fraction of sp³-hybridized carbons (Fsp3) is 0.320. The number of piperazine rings is 1. The number of methoxy groups -OCH3 is 1. The van der Waals surface area contributed by atoms with Gasteiger partial charge in [0, 0.05) is 52.0 Å². The first-order valence-corrected chi connectivity index (χ1v) is 10.9. The molecule has 0 unspecified atom stereocenters. The highest BCUT2D eigenvalue weighted by Crippen LogP contribution is 2.35. The van der Waals surface area contributed by atoms with Crippen molar-refractivity contribution in [2.45, 2.75) is 0 Å². The molecule has 2 aromatic carbocycles. The van der Waals surface area contributed by atoms with Crippen LogP contribution in [0.4, 0.5) is 17.1 Å². The zero-order chi connectivity index (χ0) is 23.5. The number of rotatable bonds is 4. The molecule has 2 aromatic rings. The molecule has 2 aliphatic rings. The molecule has 0 N–H and O–H groups in total. The normalized spacial score (nSPS) is 19.6. The van der Waals surface area contributed by atoms with Crippen molar-refractivity contribution in [3.63, 3.8) is 0 Å². The number of anilines is 2. The van der Waals surface area contributed by atoms with Crippen LogP contribution in [0.3, 0.4) is 0 Å². The largest absolute Gasteiger partial charge is 0.494 e. The summed E-state index contributed by atoms with van der Waals surface area (Å²) in [6.45, 7) is 7.59. The highest BCUT2D eigenvalue weighted by atomic mass is 16.5. The lowest BCUT2D eigenvalue weighted by atomic mass is 10.1. The van der Waals surface area contributed by atoms with Crippen LogP contribution < -0.4 is 14.5 Å². The SMILES string of the molecule is C=N/C=C1\C(=Nc2ccc(N3CCN(C)CC3)cc2OC)N(C)c2ccccc2C(=O)N1C. The maximum absolute atomic E-state index is 13.1. The van der Waals surface area contributed by atoms with Crippen molar-refractivity contribution >= 4 is 35.5 Å². The molecule has 2 aliphatic heterocycles. The first kappa shape index (κ1) is 22.5. The average molecular weight is 447 g/mol. The van der Waals surface area contributed by atoms with Gasteiger partial charge in [-0.25, -0.2) is 4.99 Å². The predicted molar refractivity (Wildman–Crippen MR) is 134 cm³/mol. The highest BCUT2D eigenvalue weighted by molar-refractivity contribution is 6.18. The summed E-state index contributed by atoms with van der Waals surface area (Å²) in [4.78, 5) is 30.2. The van der Waals surface area contributed by atoms with Crippen molar-refractivity contribution in [3.05, 3.63) is 59.9 Å². The quantitative estimate of drug-likeness (QED) is 0.675. The fourth-order valence-electron chi connectivity index (χ4n) is 4.17. The number of hydrogen-bond acceptors (Lipinski definition) is 6. The number of carbonyl (C=O) groups excluding carboxylic acids is 1. The number of likely N-dealkylation sites (N-methyl/N-ethyl adjacent to an activating group) is 3. The van der Waals surface area contributed by atoms with Gasteiger partial charge in [-0.2, -0.15) is 0 Å². The molecule has 0 bridgehead atoms. The summed E-state index contributed by atoms with van der Waals surface area (Å²) in [6, 6.07) is 13.6. The first-order valence-electron chi connectivity index (χ1n) is 10.9. The van der Waals surface area contributed by atoms with E-state index in [1.165, 1.54) is 0 Å². The van der Waals surface area contributed by atoms with Crippen molar-refractivity contribution in [3.8, 4) is 5.75 Å². The summed E-state index contributed by atoms with van der Waals surface area (Å²) in [6.07, 6.45) is 1.56. The topological polar surface area (TPSA) is 64.0 Å². The summed E-state index contributed by atoms with van der Waals surface area (Å²) in [5, 5.41) is 0. The summed E-state index contributed by atoms with van der Waals surface area (Å²) < 4.78 is 5.72. The van der Waals surface area contributed by atoms with Crippen molar-refractivity contribution in [2.75, 3.05) is 64.2 Å². The summed E-state index contributed by atoms with van der Waals surface area (Å²) in [7, 11) is 7.41. The summed E-state index contributed by atoms with van der Waals surface area (Å²) >= 11 is 0. The van der Waals surface area contributed by atoms with Gasteiger partial charge < -0.3 is 24.3 Å². The van der Waals surface area contributed by atoms with Gasteiger partial charge in [0.05, 0.1) is 24.6 Å². The number of hydrogen-bond donors (Lipinski definition) is 0. The van der Waals surface area contributed by atoms with Crippen LogP contribution in [-0.2, 0) is 0 Å². The molecule has 1 amide bonds. The zero-order valence-electron chi connectivity index (χ0n) is 19.7. The molecule has 0 spiro atoms. The molecule has 2 heterocycles. The van der Waals surface area contributed by atoms with Crippen molar-refractivity contribution in [1.82, 2.24) is 9.80 Å². The lowest BCUT2D eigenvalue weighted by molar-refractivity contribution is 0.0845. The van der Waals surface area contributed by atoms with E-state index in [0.717, 1.165) is 37.6 Å². The molecule has 0 atom stereocenters. The minimum Gasteiger partial charge on any atom is -0.494 e. The molecule has 0 aromatic heterocycles. The Morgan fingerprint density at radius 3 is 2.42 bits per heavy atom. The molecular formula is C25H30N6O2. The van der Waals surface area contributed by atoms with E-state index < -0.39 is 0 Å². The Hall–Kier alpha value is -3.65. The Labute approximate surface area is 195 Å². The van der Waals surface area contributed by atoms with Crippen LogP contribution in [-0.4, -0.2) is 82.7 Å². The Morgan fingerprint density at radius 1 is 1.00 bits per heavy atom. The average Bonchev–Trinajstić information content (AvgIpc) is 2.91. The number of aliphatic imine (C=N–C) groups is 2. The predicted octanol–water partition coefficient (Wildman–Crippen LogP) is 3.24. The minimum atomic E-state index is -0.130. The maximum atomic E-state index is 13.1.